The number of benzene rings is 1. The number of halogens is 1. The number of nitrogens with one attached hydrogen (secondary N) is 2. The Balaban J connectivity index is 1.60. The zero-order valence-electron chi connectivity index (χ0n) is 14.2. The van der Waals surface area contributed by atoms with Gasteiger partial charge in [-0.05, 0) is 31.9 Å². The molecule has 24 heavy (non-hydrogen) atoms. The number of hydrogen-bond acceptors (Lipinski definition) is 4. The third-order valence-corrected chi connectivity index (χ3v) is 4.35. The van der Waals surface area contributed by atoms with E-state index in [-0.39, 0.29) is 18.2 Å². The van der Waals surface area contributed by atoms with Crippen molar-refractivity contribution in [1.82, 2.24) is 10.6 Å². The number of fused-ring (bicyclic) bond motifs is 1. The standard InChI is InChI=1S/C17H24FN3O3/c1-17(4-3-5-24-17)10-21-16(19-2)20-8-12-6-14(18)7-13-9-22-11-23-15(12)13/h6-7H,3-5,8-11H2,1-2H3,(H2,19,20,21). The molecule has 0 aromatic heterocycles. The van der Waals surface area contributed by atoms with Crippen LogP contribution < -0.4 is 15.4 Å². The fourth-order valence-corrected chi connectivity index (χ4v) is 3.03. The number of ether oxygens (including phenoxy) is 3. The topological polar surface area (TPSA) is 64.1 Å². The predicted octanol–water partition coefficient (Wildman–Crippen LogP) is 1.93. The first-order chi connectivity index (χ1) is 11.6. The SMILES string of the molecule is CN=C(NCc1cc(F)cc2c1OCOC2)NCC1(C)CCCO1. The van der Waals surface area contributed by atoms with Gasteiger partial charge in [-0.2, -0.15) is 0 Å². The molecule has 6 nitrogen and oxygen atoms in total. The van der Waals surface area contributed by atoms with Gasteiger partial charge in [0, 0.05) is 37.9 Å². The Hall–Kier alpha value is -1.86. The average Bonchev–Trinajstić information content (AvgIpc) is 3.01. The van der Waals surface area contributed by atoms with Crippen LogP contribution in [0, 0.1) is 5.82 Å². The second-order valence-electron chi connectivity index (χ2n) is 6.35. The maximum Gasteiger partial charge on any atom is 0.191 e. The zero-order valence-corrected chi connectivity index (χ0v) is 14.2. The van der Waals surface area contributed by atoms with Crippen LogP contribution in [0.4, 0.5) is 4.39 Å². The van der Waals surface area contributed by atoms with Crippen molar-refractivity contribution >= 4 is 5.96 Å². The van der Waals surface area contributed by atoms with Crippen molar-refractivity contribution in [2.45, 2.75) is 38.5 Å². The molecule has 0 amide bonds. The molecule has 1 fully saturated rings. The van der Waals surface area contributed by atoms with Gasteiger partial charge in [-0.15, -0.1) is 0 Å². The molecule has 1 unspecified atom stereocenters. The highest BCUT2D eigenvalue weighted by atomic mass is 19.1. The fraction of sp³-hybridized carbons (Fsp3) is 0.588. The molecule has 2 aliphatic rings. The second-order valence-corrected chi connectivity index (χ2v) is 6.35. The maximum absolute atomic E-state index is 13.8. The summed E-state index contributed by atoms with van der Waals surface area (Å²) >= 11 is 0. The smallest absolute Gasteiger partial charge is 0.191 e. The van der Waals surface area contributed by atoms with E-state index in [9.17, 15) is 4.39 Å². The Bertz CT molecular complexity index is 615. The first-order valence-corrected chi connectivity index (χ1v) is 8.20. The van der Waals surface area contributed by atoms with E-state index in [1.165, 1.54) is 12.1 Å². The van der Waals surface area contributed by atoms with Crippen LogP contribution in [0.2, 0.25) is 0 Å². The largest absolute Gasteiger partial charge is 0.467 e. The first-order valence-electron chi connectivity index (χ1n) is 8.20. The van der Waals surface area contributed by atoms with Crippen LogP contribution >= 0.6 is 0 Å². The van der Waals surface area contributed by atoms with Gasteiger partial charge in [0.15, 0.2) is 12.8 Å². The van der Waals surface area contributed by atoms with Crippen molar-refractivity contribution in [2.75, 3.05) is 27.0 Å². The Labute approximate surface area is 141 Å². The first kappa shape index (κ1) is 17.0. The molecule has 7 heteroatoms. The van der Waals surface area contributed by atoms with Crippen molar-refractivity contribution in [3.63, 3.8) is 0 Å². The highest BCUT2D eigenvalue weighted by Gasteiger charge is 2.29. The van der Waals surface area contributed by atoms with Gasteiger partial charge < -0.3 is 24.8 Å². The third-order valence-electron chi connectivity index (χ3n) is 4.35. The predicted molar refractivity (Wildman–Crippen MR) is 88.5 cm³/mol. The minimum atomic E-state index is -0.297. The lowest BCUT2D eigenvalue weighted by Crippen LogP contribution is -2.45. The third kappa shape index (κ3) is 3.96. The lowest BCUT2D eigenvalue weighted by Gasteiger charge is -2.25. The normalized spacial score (nSPS) is 23.5. The molecule has 0 saturated carbocycles. The second kappa shape index (κ2) is 7.36. The molecular weight excluding hydrogens is 313 g/mol. The van der Waals surface area contributed by atoms with Crippen LogP contribution in [0.5, 0.6) is 5.75 Å². The van der Waals surface area contributed by atoms with Crippen LogP contribution in [-0.4, -0.2) is 38.6 Å². The van der Waals surface area contributed by atoms with Gasteiger partial charge >= 0.3 is 0 Å². The van der Waals surface area contributed by atoms with Gasteiger partial charge in [0.25, 0.3) is 0 Å². The summed E-state index contributed by atoms with van der Waals surface area (Å²) in [4.78, 5) is 4.21. The highest BCUT2D eigenvalue weighted by Crippen LogP contribution is 2.29. The number of aliphatic imine (C=N–C) groups is 1. The highest BCUT2D eigenvalue weighted by molar-refractivity contribution is 5.79. The van der Waals surface area contributed by atoms with Crippen molar-refractivity contribution < 1.29 is 18.6 Å². The van der Waals surface area contributed by atoms with Gasteiger partial charge in [-0.3, -0.25) is 4.99 Å². The van der Waals surface area contributed by atoms with Crippen LogP contribution in [0.25, 0.3) is 0 Å². The van der Waals surface area contributed by atoms with Gasteiger partial charge in [-0.25, -0.2) is 4.39 Å². The zero-order chi connectivity index (χ0) is 17.0. The maximum atomic E-state index is 13.8. The Morgan fingerprint density at radius 3 is 3.00 bits per heavy atom. The monoisotopic (exact) mass is 337 g/mol. The molecule has 1 aromatic rings. The van der Waals surface area contributed by atoms with E-state index in [0.29, 0.717) is 31.4 Å². The molecule has 132 valence electrons. The summed E-state index contributed by atoms with van der Waals surface area (Å²) in [7, 11) is 1.71. The molecule has 2 aliphatic heterocycles. The van der Waals surface area contributed by atoms with Crippen LogP contribution in [-0.2, 0) is 22.6 Å². The average molecular weight is 337 g/mol. The molecule has 0 aliphatic carbocycles. The van der Waals surface area contributed by atoms with E-state index >= 15 is 0 Å². The van der Waals surface area contributed by atoms with Crippen molar-refractivity contribution in [3.8, 4) is 5.75 Å². The number of rotatable bonds is 4. The molecule has 1 aromatic carbocycles. The molecule has 1 atom stereocenters. The summed E-state index contributed by atoms with van der Waals surface area (Å²) in [6.45, 7) is 4.54. The number of nitrogens with zero attached hydrogens (tertiary/aromatic N) is 1. The molecule has 0 bridgehead atoms. The lowest BCUT2D eigenvalue weighted by molar-refractivity contribution is -0.0173. The van der Waals surface area contributed by atoms with Crippen LogP contribution in [0.15, 0.2) is 17.1 Å². The van der Waals surface area contributed by atoms with E-state index in [2.05, 4.69) is 22.5 Å². The van der Waals surface area contributed by atoms with Crippen molar-refractivity contribution in [3.05, 3.63) is 29.1 Å². The Morgan fingerprint density at radius 2 is 2.25 bits per heavy atom. The van der Waals surface area contributed by atoms with Gasteiger partial charge in [0.1, 0.15) is 11.6 Å². The van der Waals surface area contributed by atoms with E-state index < -0.39 is 0 Å². The molecule has 1 saturated heterocycles. The van der Waals surface area contributed by atoms with E-state index in [0.717, 1.165) is 30.6 Å². The Kier molecular flexibility index (Phi) is 5.20. The van der Waals surface area contributed by atoms with Crippen molar-refractivity contribution in [2.24, 2.45) is 4.99 Å². The summed E-state index contributed by atoms with van der Waals surface area (Å²) in [6, 6.07) is 2.93. The lowest BCUT2D eigenvalue weighted by atomic mass is 10.0. The molecule has 2 N–H and O–H groups in total. The number of guanidine groups is 1. The summed E-state index contributed by atoms with van der Waals surface area (Å²) in [5, 5.41) is 6.47. The minimum absolute atomic E-state index is 0.157. The summed E-state index contributed by atoms with van der Waals surface area (Å²) in [5.41, 5.74) is 1.32. The fourth-order valence-electron chi connectivity index (χ4n) is 3.03. The molecule has 2 heterocycles. The van der Waals surface area contributed by atoms with Crippen LogP contribution in [0.1, 0.15) is 30.9 Å². The molecular formula is C17H24FN3O3. The van der Waals surface area contributed by atoms with E-state index in [1.54, 1.807) is 7.05 Å². The molecule has 0 radical (unpaired) electrons. The Morgan fingerprint density at radius 1 is 1.38 bits per heavy atom. The van der Waals surface area contributed by atoms with Crippen molar-refractivity contribution in [1.29, 1.82) is 0 Å². The minimum Gasteiger partial charge on any atom is -0.467 e. The molecule has 3 rings (SSSR count). The van der Waals surface area contributed by atoms with Gasteiger partial charge in [0.2, 0.25) is 0 Å². The van der Waals surface area contributed by atoms with Gasteiger partial charge in [-0.1, -0.05) is 0 Å². The summed E-state index contributed by atoms with van der Waals surface area (Å²) in [5.74, 6) is 1.04. The summed E-state index contributed by atoms with van der Waals surface area (Å²) in [6.07, 6.45) is 2.11. The quantitative estimate of drug-likeness (QED) is 0.649. The van der Waals surface area contributed by atoms with E-state index in [1.807, 2.05) is 0 Å². The van der Waals surface area contributed by atoms with Gasteiger partial charge in [0.05, 0.1) is 12.2 Å². The molecule has 0 spiro atoms. The summed E-state index contributed by atoms with van der Waals surface area (Å²) < 4.78 is 30.2. The van der Waals surface area contributed by atoms with Crippen LogP contribution in [0.3, 0.4) is 0 Å². The van der Waals surface area contributed by atoms with E-state index in [4.69, 9.17) is 14.2 Å². The number of hydrogen-bond donors (Lipinski definition) is 2.